The average molecular weight is 279 g/mol. The van der Waals surface area contributed by atoms with Gasteiger partial charge in [0.05, 0.1) is 4.92 Å². The summed E-state index contributed by atoms with van der Waals surface area (Å²) in [7, 11) is 0. The first kappa shape index (κ1) is 13.2. The Kier molecular flexibility index (Phi) is 3.91. The Morgan fingerprint density at radius 1 is 1.37 bits per heavy atom. The maximum Gasteiger partial charge on any atom is 0.313 e. The lowest BCUT2D eigenvalue weighted by molar-refractivity contribution is -0.384. The van der Waals surface area contributed by atoms with E-state index in [2.05, 4.69) is 15.3 Å². The number of anilines is 1. The first-order valence-electron chi connectivity index (χ1n) is 5.63. The molecular weight excluding hydrogens is 268 g/mol. The van der Waals surface area contributed by atoms with Crippen LogP contribution in [-0.4, -0.2) is 21.4 Å². The van der Waals surface area contributed by atoms with E-state index in [-0.39, 0.29) is 11.4 Å². The molecule has 0 bridgehead atoms. The van der Waals surface area contributed by atoms with E-state index < -0.39 is 4.92 Å². The minimum absolute atomic E-state index is 0.135. The summed E-state index contributed by atoms with van der Waals surface area (Å²) in [6.07, 6.45) is 1.20. The van der Waals surface area contributed by atoms with Crippen LogP contribution < -0.4 is 5.32 Å². The minimum atomic E-state index is -0.500. The molecule has 0 saturated heterocycles. The summed E-state index contributed by atoms with van der Waals surface area (Å²) in [6.45, 7) is 2.53. The van der Waals surface area contributed by atoms with Gasteiger partial charge in [0.15, 0.2) is 5.69 Å². The maximum absolute atomic E-state index is 11.0. The fourth-order valence-corrected chi connectivity index (χ4v) is 1.70. The van der Waals surface area contributed by atoms with Gasteiger partial charge in [0.1, 0.15) is 6.20 Å². The van der Waals surface area contributed by atoms with Gasteiger partial charge in [0, 0.05) is 17.1 Å². The van der Waals surface area contributed by atoms with Crippen LogP contribution in [-0.2, 0) is 0 Å². The third-order valence-electron chi connectivity index (χ3n) is 2.42. The predicted octanol–water partition coefficient (Wildman–Crippen LogP) is 3.14. The highest BCUT2D eigenvalue weighted by atomic mass is 35.5. The Hall–Kier alpha value is -2.21. The van der Waals surface area contributed by atoms with Crippen LogP contribution in [0, 0.1) is 10.1 Å². The lowest BCUT2D eigenvalue weighted by atomic mass is 10.1. The van der Waals surface area contributed by atoms with Crippen LogP contribution in [0.2, 0.25) is 5.02 Å². The molecule has 0 radical (unpaired) electrons. The van der Waals surface area contributed by atoms with Crippen LogP contribution in [0.4, 0.5) is 11.6 Å². The fraction of sp³-hybridized carbons (Fsp3) is 0.167. The van der Waals surface area contributed by atoms with E-state index in [0.29, 0.717) is 23.1 Å². The molecule has 2 rings (SSSR count). The summed E-state index contributed by atoms with van der Waals surface area (Å²) in [5.41, 5.74) is 0.759. The molecule has 0 amide bonds. The first-order chi connectivity index (χ1) is 9.11. The summed E-state index contributed by atoms with van der Waals surface area (Å²) in [6, 6.07) is 6.70. The molecule has 1 heterocycles. The van der Waals surface area contributed by atoms with Crippen molar-refractivity contribution in [3.63, 3.8) is 0 Å². The van der Waals surface area contributed by atoms with E-state index >= 15 is 0 Å². The third kappa shape index (κ3) is 2.97. The summed E-state index contributed by atoms with van der Waals surface area (Å²) in [4.78, 5) is 18.6. The molecule has 0 spiro atoms. The van der Waals surface area contributed by atoms with Crippen LogP contribution >= 0.6 is 11.6 Å². The quantitative estimate of drug-likeness (QED) is 0.686. The molecule has 19 heavy (non-hydrogen) atoms. The van der Waals surface area contributed by atoms with Gasteiger partial charge in [-0.1, -0.05) is 23.7 Å². The van der Waals surface area contributed by atoms with Crippen molar-refractivity contribution < 1.29 is 4.92 Å². The van der Waals surface area contributed by atoms with E-state index in [1.807, 2.05) is 6.92 Å². The average Bonchev–Trinajstić information content (AvgIpc) is 2.39. The van der Waals surface area contributed by atoms with Crippen LogP contribution in [0.5, 0.6) is 0 Å². The molecule has 1 aromatic heterocycles. The van der Waals surface area contributed by atoms with Crippen LogP contribution in [0.3, 0.4) is 0 Å². The highest BCUT2D eigenvalue weighted by Gasteiger charge is 2.18. The summed E-state index contributed by atoms with van der Waals surface area (Å²) in [5, 5.41) is 14.5. The van der Waals surface area contributed by atoms with E-state index in [0.717, 1.165) is 0 Å². The molecule has 0 unspecified atom stereocenters. The summed E-state index contributed by atoms with van der Waals surface area (Å²) in [5.74, 6) is 0.359. The second kappa shape index (κ2) is 5.62. The topological polar surface area (TPSA) is 81.0 Å². The summed E-state index contributed by atoms with van der Waals surface area (Å²) >= 11 is 5.80. The van der Waals surface area contributed by atoms with Crippen molar-refractivity contribution in [1.82, 2.24) is 9.97 Å². The molecule has 1 aromatic carbocycles. The van der Waals surface area contributed by atoms with E-state index in [1.54, 1.807) is 24.3 Å². The van der Waals surface area contributed by atoms with Gasteiger partial charge in [0.2, 0.25) is 5.95 Å². The predicted molar refractivity (Wildman–Crippen MR) is 73.3 cm³/mol. The number of rotatable bonds is 4. The number of benzene rings is 1. The molecule has 0 aliphatic carbocycles. The van der Waals surface area contributed by atoms with Gasteiger partial charge in [-0.05, 0) is 19.1 Å². The number of aromatic nitrogens is 2. The first-order valence-corrected chi connectivity index (χ1v) is 6.01. The highest BCUT2D eigenvalue weighted by Crippen LogP contribution is 2.28. The zero-order valence-corrected chi connectivity index (χ0v) is 10.9. The van der Waals surface area contributed by atoms with Gasteiger partial charge in [-0.25, -0.2) is 9.97 Å². The van der Waals surface area contributed by atoms with Gasteiger partial charge < -0.3 is 5.32 Å². The number of nitro groups is 1. The number of nitrogens with zero attached hydrogens (tertiary/aromatic N) is 3. The molecule has 1 N–H and O–H groups in total. The Bertz CT molecular complexity index is 601. The normalized spacial score (nSPS) is 10.2. The van der Waals surface area contributed by atoms with Crippen molar-refractivity contribution in [2.75, 3.05) is 11.9 Å². The van der Waals surface area contributed by atoms with Gasteiger partial charge in [-0.15, -0.1) is 0 Å². The van der Waals surface area contributed by atoms with Gasteiger partial charge >= 0.3 is 5.69 Å². The Morgan fingerprint density at radius 2 is 2.05 bits per heavy atom. The monoisotopic (exact) mass is 278 g/mol. The molecule has 2 aromatic rings. The van der Waals surface area contributed by atoms with Crippen molar-refractivity contribution in [2.45, 2.75) is 6.92 Å². The van der Waals surface area contributed by atoms with Crippen molar-refractivity contribution in [3.05, 3.63) is 45.6 Å². The molecule has 0 atom stereocenters. The van der Waals surface area contributed by atoms with Gasteiger partial charge in [-0.2, -0.15) is 0 Å². The highest BCUT2D eigenvalue weighted by molar-refractivity contribution is 6.30. The lowest BCUT2D eigenvalue weighted by Gasteiger charge is -2.05. The molecule has 6 nitrogen and oxygen atoms in total. The number of nitrogens with one attached hydrogen (secondary N) is 1. The molecule has 0 fully saturated rings. The number of hydrogen-bond acceptors (Lipinski definition) is 5. The molecule has 0 saturated carbocycles. The van der Waals surface area contributed by atoms with Crippen LogP contribution in [0.15, 0.2) is 30.5 Å². The standard InChI is InChI=1S/C12H11ClN4O2/c1-2-14-12-15-7-10(17(18)19)11(16-12)8-3-5-9(13)6-4-8/h3-7H,2H2,1H3,(H,14,15,16). The van der Waals surface area contributed by atoms with Crippen molar-refractivity contribution in [3.8, 4) is 11.3 Å². The fourth-order valence-electron chi connectivity index (χ4n) is 1.57. The maximum atomic E-state index is 11.0. The third-order valence-corrected chi connectivity index (χ3v) is 2.67. The van der Waals surface area contributed by atoms with E-state index in [4.69, 9.17) is 11.6 Å². The van der Waals surface area contributed by atoms with Crippen molar-refractivity contribution in [1.29, 1.82) is 0 Å². The van der Waals surface area contributed by atoms with Crippen LogP contribution in [0.1, 0.15) is 6.92 Å². The summed E-state index contributed by atoms with van der Waals surface area (Å²) < 4.78 is 0. The zero-order valence-electron chi connectivity index (χ0n) is 10.1. The molecule has 0 aliphatic heterocycles. The minimum Gasteiger partial charge on any atom is -0.354 e. The Balaban J connectivity index is 2.54. The van der Waals surface area contributed by atoms with Crippen LogP contribution in [0.25, 0.3) is 11.3 Å². The van der Waals surface area contributed by atoms with E-state index in [9.17, 15) is 10.1 Å². The lowest BCUT2D eigenvalue weighted by Crippen LogP contribution is -2.04. The molecule has 0 aliphatic rings. The van der Waals surface area contributed by atoms with E-state index in [1.165, 1.54) is 6.20 Å². The second-order valence-electron chi connectivity index (χ2n) is 3.72. The molecule has 98 valence electrons. The Morgan fingerprint density at radius 3 is 2.63 bits per heavy atom. The molecular formula is C12H11ClN4O2. The van der Waals surface area contributed by atoms with Gasteiger partial charge in [-0.3, -0.25) is 10.1 Å². The smallest absolute Gasteiger partial charge is 0.313 e. The Labute approximate surface area is 114 Å². The largest absolute Gasteiger partial charge is 0.354 e. The second-order valence-corrected chi connectivity index (χ2v) is 4.16. The SMILES string of the molecule is CCNc1ncc([N+](=O)[O-])c(-c2ccc(Cl)cc2)n1. The van der Waals surface area contributed by atoms with Gasteiger partial charge in [0.25, 0.3) is 0 Å². The van der Waals surface area contributed by atoms with Crippen molar-refractivity contribution >= 4 is 23.2 Å². The number of halogens is 1. The molecule has 7 heteroatoms. The number of hydrogen-bond donors (Lipinski definition) is 1. The zero-order chi connectivity index (χ0) is 13.8. The van der Waals surface area contributed by atoms with Crippen molar-refractivity contribution in [2.24, 2.45) is 0 Å².